The third kappa shape index (κ3) is 2.41. The van der Waals surface area contributed by atoms with Crippen LogP contribution in [0.25, 0.3) is 16.4 Å². The van der Waals surface area contributed by atoms with Crippen LogP contribution in [0.2, 0.25) is 0 Å². The average molecular weight is 290 g/mol. The predicted molar refractivity (Wildman–Crippen MR) is 82.5 cm³/mol. The largest absolute Gasteiger partial charge is 0.463 e. The maximum Gasteiger partial charge on any atom is 0.259 e. The zero-order valence-electron chi connectivity index (χ0n) is 12.1. The van der Waals surface area contributed by atoms with Crippen LogP contribution in [0.3, 0.4) is 0 Å². The SMILES string of the molecule is CC.CCc1cc(=O)n2c(-c3ccco3)c(C)sc2n1. The molecule has 0 radical (unpaired) electrons. The molecule has 0 unspecified atom stereocenters. The molecule has 3 aromatic heterocycles. The second-order valence-corrected chi connectivity index (χ2v) is 5.22. The highest BCUT2D eigenvalue weighted by Crippen LogP contribution is 2.29. The van der Waals surface area contributed by atoms with E-state index in [1.54, 1.807) is 16.7 Å². The van der Waals surface area contributed by atoms with Crippen molar-refractivity contribution < 1.29 is 4.42 Å². The molecule has 0 aromatic carbocycles. The van der Waals surface area contributed by atoms with E-state index in [4.69, 9.17) is 4.42 Å². The minimum Gasteiger partial charge on any atom is -0.463 e. The topological polar surface area (TPSA) is 47.5 Å². The summed E-state index contributed by atoms with van der Waals surface area (Å²) in [5.74, 6) is 0.701. The van der Waals surface area contributed by atoms with Gasteiger partial charge in [0.1, 0.15) is 5.69 Å². The first-order valence-corrected chi connectivity index (χ1v) is 7.58. The van der Waals surface area contributed by atoms with E-state index in [-0.39, 0.29) is 5.56 Å². The first kappa shape index (κ1) is 14.5. The van der Waals surface area contributed by atoms with Crippen molar-refractivity contribution in [1.29, 1.82) is 0 Å². The molecule has 0 fully saturated rings. The molecule has 106 valence electrons. The van der Waals surface area contributed by atoms with Gasteiger partial charge in [-0.05, 0) is 25.5 Å². The van der Waals surface area contributed by atoms with Gasteiger partial charge in [0.15, 0.2) is 10.7 Å². The van der Waals surface area contributed by atoms with Crippen molar-refractivity contribution >= 4 is 16.3 Å². The Bertz CT molecular complexity index is 754. The van der Waals surface area contributed by atoms with E-state index in [0.29, 0.717) is 5.76 Å². The maximum absolute atomic E-state index is 12.2. The minimum atomic E-state index is -0.0485. The lowest BCUT2D eigenvalue weighted by atomic mass is 10.3. The average Bonchev–Trinajstić information content (AvgIpc) is 3.07. The van der Waals surface area contributed by atoms with E-state index < -0.39 is 0 Å². The number of furan rings is 1. The van der Waals surface area contributed by atoms with Crippen LogP contribution in [0.1, 0.15) is 31.3 Å². The van der Waals surface area contributed by atoms with E-state index in [9.17, 15) is 4.79 Å². The molecular weight excluding hydrogens is 272 g/mol. The summed E-state index contributed by atoms with van der Waals surface area (Å²) < 4.78 is 7.02. The zero-order valence-corrected chi connectivity index (χ0v) is 13.0. The first-order chi connectivity index (χ1) is 9.70. The van der Waals surface area contributed by atoms with Gasteiger partial charge in [0.05, 0.1) is 6.26 Å². The van der Waals surface area contributed by atoms with Crippen molar-refractivity contribution in [1.82, 2.24) is 9.38 Å². The molecule has 0 bridgehead atoms. The van der Waals surface area contributed by atoms with E-state index in [1.807, 2.05) is 39.8 Å². The molecule has 0 N–H and O–H groups in total. The van der Waals surface area contributed by atoms with Gasteiger partial charge in [0, 0.05) is 16.6 Å². The fourth-order valence-electron chi connectivity index (χ4n) is 2.00. The van der Waals surface area contributed by atoms with Gasteiger partial charge in [-0.15, -0.1) is 11.3 Å². The second kappa shape index (κ2) is 6.05. The minimum absolute atomic E-state index is 0.0485. The number of aromatic nitrogens is 2. The summed E-state index contributed by atoms with van der Waals surface area (Å²) in [6, 6.07) is 5.26. The van der Waals surface area contributed by atoms with Crippen LogP contribution >= 0.6 is 11.3 Å². The van der Waals surface area contributed by atoms with Crippen LogP contribution in [0.4, 0.5) is 0 Å². The number of thiazole rings is 1. The Morgan fingerprint density at radius 3 is 2.75 bits per heavy atom. The van der Waals surface area contributed by atoms with E-state index in [1.165, 1.54) is 11.3 Å². The molecule has 0 atom stereocenters. The number of fused-ring (bicyclic) bond motifs is 1. The Morgan fingerprint density at radius 1 is 1.40 bits per heavy atom. The molecule has 3 aromatic rings. The van der Waals surface area contributed by atoms with Crippen molar-refractivity contribution in [2.24, 2.45) is 0 Å². The van der Waals surface area contributed by atoms with Crippen molar-refractivity contribution in [2.75, 3.05) is 0 Å². The van der Waals surface area contributed by atoms with Crippen LogP contribution in [0.5, 0.6) is 0 Å². The van der Waals surface area contributed by atoms with Crippen molar-refractivity contribution in [3.8, 4) is 11.5 Å². The number of rotatable bonds is 2. The van der Waals surface area contributed by atoms with Crippen LogP contribution in [0.15, 0.2) is 33.7 Å². The number of nitrogens with zero attached hydrogens (tertiary/aromatic N) is 2. The fourth-order valence-corrected chi connectivity index (χ4v) is 3.00. The molecule has 0 saturated heterocycles. The molecule has 5 heteroatoms. The van der Waals surface area contributed by atoms with Gasteiger partial charge in [-0.25, -0.2) is 9.38 Å². The van der Waals surface area contributed by atoms with Gasteiger partial charge in [0.25, 0.3) is 5.56 Å². The van der Waals surface area contributed by atoms with Crippen molar-refractivity contribution in [3.05, 3.63) is 45.4 Å². The summed E-state index contributed by atoms with van der Waals surface area (Å²) in [5.41, 5.74) is 1.58. The third-order valence-electron chi connectivity index (χ3n) is 2.86. The lowest BCUT2D eigenvalue weighted by Gasteiger charge is -2.00. The molecule has 3 rings (SSSR count). The summed E-state index contributed by atoms with van der Waals surface area (Å²) in [5, 5.41) is 0. The molecule has 0 saturated carbocycles. The highest BCUT2D eigenvalue weighted by Gasteiger charge is 2.16. The normalized spacial score (nSPS) is 10.4. The van der Waals surface area contributed by atoms with Gasteiger partial charge >= 0.3 is 0 Å². The number of hydrogen-bond donors (Lipinski definition) is 0. The summed E-state index contributed by atoms with van der Waals surface area (Å²) in [6.07, 6.45) is 2.37. The molecule has 0 amide bonds. The zero-order chi connectivity index (χ0) is 14.7. The van der Waals surface area contributed by atoms with E-state index in [0.717, 1.165) is 27.6 Å². The lowest BCUT2D eigenvalue weighted by Crippen LogP contribution is -2.14. The van der Waals surface area contributed by atoms with Crippen LogP contribution in [-0.2, 0) is 6.42 Å². The van der Waals surface area contributed by atoms with E-state index in [2.05, 4.69) is 4.98 Å². The Kier molecular flexibility index (Phi) is 4.39. The Morgan fingerprint density at radius 2 is 2.15 bits per heavy atom. The molecule has 0 spiro atoms. The summed E-state index contributed by atoms with van der Waals surface area (Å²) in [7, 11) is 0. The number of hydrogen-bond acceptors (Lipinski definition) is 4. The Balaban J connectivity index is 0.000000704. The smallest absolute Gasteiger partial charge is 0.259 e. The van der Waals surface area contributed by atoms with Gasteiger partial charge in [0.2, 0.25) is 0 Å². The monoisotopic (exact) mass is 290 g/mol. The highest BCUT2D eigenvalue weighted by atomic mass is 32.1. The number of aryl methyl sites for hydroxylation is 2. The molecule has 0 aliphatic rings. The van der Waals surface area contributed by atoms with E-state index >= 15 is 0 Å². The standard InChI is InChI=1S/C13H12N2O2S.C2H6/c1-3-9-7-11(16)15-12(10-5-4-6-17-10)8(2)18-13(15)14-9;1-2/h4-7H,3H2,1-2H3;1-2H3. The predicted octanol–water partition coefficient (Wildman–Crippen LogP) is 3.91. The highest BCUT2D eigenvalue weighted by molar-refractivity contribution is 7.17. The van der Waals surface area contributed by atoms with Gasteiger partial charge < -0.3 is 4.42 Å². The van der Waals surface area contributed by atoms with Crippen molar-refractivity contribution in [3.63, 3.8) is 0 Å². The quantitative estimate of drug-likeness (QED) is 0.719. The van der Waals surface area contributed by atoms with Gasteiger partial charge in [-0.1, -0.05) is 20.8 Å². The van der Waals surface area contributed by atoms with Crippen molar-refractivity contribution in [2.45, 2.75) is 34.1 Å². The summed E-state index contributed by atoms with van der Waals surface area (Å²) in [6.45, 7) is 7.97. The molecule has 20 heavy (non-hydrogen) atoms. The lowest BCUT2D eigenvalue weighted by molar-refractivity contribution is 0.578. The molecule has 0 aliphatic carbocycles. The maximum atomic E-state index is 12.2. The van der Waals surface area contributed by atoms with Gasteiger partial charge in [-0.3, -0.25) is 4.79 Å². The fraction of sp³-hybridized carbons (Fsp3) is 0.333. The third-order valence-corrected chi connectivity index (χ3v) is 3.82. The summed E-state index contributed by atoms with van der Waals surface area (Å²) >= 11 is 1.51. The Labute approximate surface area is 121 Å². The molecular formula is C15H18N2O2S. The molecule has 3 heterocycles. The van der Waals surface area contributed by atoms with Crippen LogP contribution in [-0.4, -0.2) is 9.38 Å². The van der Waals surface area contributed by atoms with Crippen LogP contribution < -0.4 is 5.56 Å². The van der Waals surface area contributed by atoms with Gasteiger partial charge in [-0.2, -0.15) is 0 Å². The second-order valence-electron chi connectivity index (χ2n) is 4.04. The first-order valence-electron chi connectivity index (χ1n) is 6.76. The summed E-state index contributed by atoms with van der Waals surface area (Å²) in [4.78, 5) is 18.4. The molecule has 0 aliphatic heterocycles. The molecule has 4 nitrogen and oxygen atoms in total. The Hall–Kier alpha value is -1.88. The van der Waals surface area contributed by atoms with Crippen LogP contribution in [0, 0.1) is 6.92 Å².